The topological polar surface area (TPSA) is 107 Å². The Bertz CT molecular complexity index is 727. The van der Waals surface area contributed by atoms with Crippen molar-refractivity contribution in [3.8, 4) is 0 Å². The first-order valence-corrected chi connectivity index (χ1v) is 7.68. The molecule has 1 aromatic heterocycles. The summed E-state index contributed by atoms with van der Waals surface area (Å²) in [6, 6.07) is 8.48. The van der Waals surface area contributed by atoms with E-state index < -0.39 is 5.54 Å². The molecule has 7 nitrogen and oxygen atoms in total. The van der Waals surface area contributed by atoms with Crippen LogP contribution in [0.5, 0.6) is 0 Å². The zero-order chi connectivity index (χ0) is 17.0. The van der Waals surface area contributed by atoms with Gasteiger partial charge in [-0.05, 0) is 37.1 Å². The van der Waals surface area contributed by atoms with E-state index in [0.29, 0.717) is 43.0 Å². The number of carbonyl (C=O) groups is 2. The number of anilines is 2. The molecule has 2 heterocycles. The molecule has 2 aromatic rings. The lowest BCUT2D eigenvalue weighted by Crippen LogP contribution is -2.54. The van der Waals surface area contributed by atoms with Crippen LogP contribution in [0.2, 0.25) is 0 Å². The Labute approximate surface area is 151 Å². The molecule has 1 fully saturated rings. The molecule has 1 saturated heterocycles. The number of halogens is 1. The fraction of sp³-hybridized carbons (Fsp3) is 0.294. The van der Waals surface area contributed by atoms with Crippen LogP contribution in [-0.4, -0.2) is 30.6 Å². The summed E-state index contributed by atoms with van der Waals surface area (Å²) >= 11 is 0. The van der Waals surface area contributed by atoms with Gasteiger partial charge in [-0.1, -0.05) is 6.07 Å². The van der Waals surface area contributed by atoms with Gasteiger partial charge in [0.05, 0.1) is 11.8 Å². The molecule has 0 atom stereocenters. The number of benzene rings is 1. The maximum absolute atomic E-state index is 12.4. The number of hydrogen-bond donors (Lipinski definition) is 3. The van der Waals surface area contributed by atoms with Crippen molar-refractivity contribution in [3.63, 3.8) is 0 Å². The van der Waals surface area contributed by atoms with Crippen LogP contribution in [0, 0.1) is 0 Å². The van der Waals surface area contributed by atoms with E-state index >= 15 is 0 Å². The molecule has 2 amide bonds. The summed E-state index contributed by atoms with van der Waals surface area (Å²) in [5.41, 5.74) is 6.80. The molecular formula is C17H20ClN3O4. The van der Waals surface area contributed by atoms with E-state index in [-0.39, 0.29) is 24.2 Å². The van der Waals surface area contributed by atoms with Crippen LogP contribution in [0.15, 0.2) is 47.3 Å². The van der Waals surface area contributed by atoms with E-state index in [2.05, 4.69) is 10.6 Å². The van der Waals surface area contributed by atoms with Gasteiger partial charge in [-0.2, -0.15) is 0 Å². The minimum Gasteiger partial charge on any atom is -0.472 e. The Morgan fingerprint density at radius 2 is 1.76 bits per heavy atom. The zero-order valence-electron chi connectivity index (χ0n) is 13.5. The Morgan fingerprint density at radius 1 is 1.08 bits per heavy atom. The van der Waals surface area contributed by atoms with Gasteiger partial charge in [0, 0.05) is 24.6 Å². The second-order valence-corrected chi connectivity index (χ2v) is 5.77. The normalized spacial score (nSPS) is 15.7. The number of furan rings is 1. The van der Waals surface area contributed by atoms with Crippen molar-refractivity contribution in [1.29, 1.82) is 0 Å². The summed E-state index contributed by atoms with van der Waals surface area (Å²) in [4.78, 5) is 24.4. The van der Waals surface area contributed by atoms with Gasteiger partial charge in [0.15, 0.2) is 0 Å². The molecule has 0 saturated carbocycles. The molecule has 1 aliphatic rings. The fourth-order valence-electron chi connectivity index (χ4n) is 2.49. The highest BCUT2D eigenvalue weighted by atomic mass is 35.5. The molecule has 0 aliphatic carbocycles. The molecular weight excluding hydrogens is 346 g/mol. The van der Waals surface area contributed by atoms with E-state index in [1.165, 1.54) is 12.5 Å². The quantitative estimate of drug-likeness (QED) is 0.771. The summed E-state index contributed by atoms with van der Waals surface area (Å²) < 4.78 is 10.1. The molecule has 4 N–H and O–H groups in total. The molecule has 8 heteroatoms. The molecule has 0 radical (unpaired) electrons. The minimum atomic E-state index is -0.922. The van der Waals surface area contributed by atoms with E-state index in [1.54, 1.807) is 30.3 Å². The Kier molecular flexibility index (Phi) is 6.19. The van der Waals surface area contributed by atoms with Crippen LogP contribution in [-0.2, 0) is 9.53 Å². The molecule has 1 aromatic carbocycles. The third-order valence-corrected chi connectivity index (χ3v) is 4.00. The number of amides is 2. The van der Waals surface area contributed by atoms with Crippen molar-refractivity contribution in [2.24, 2.45) is 5.73 Å². The molecule has 25 heavy (non-hydrogen) atoms. The van der Waals surface area contributed by atoms with Crippen molar-refractivity contribution in [2.75, 3.05) is 23.8 Å². The maximum Gasteiger partial charge on any atom is 0.258 e. The van der Waals surface area contributed by atoms with E-state index in [9.17, 15) is 9.59 Å². The summed E-state index contributed by atoms with van der Waals surface area (Å²) in [6.07, 6.45) is 3.76. The minimum absolute atomic E-state index is 0. The lowest BCUT2D eigenvalue weighted by atomic mass is 9.90. The summed E-state index contributed by atoms with van der Waals surface area (Å²) in [5.74, 6) is -0.531. The van der Waals surface area contributed by atoms with E-state index in [1.807, 2.05) is 0 Å². The fourth-order valence-corrected chi connectivity index (χ4v) is 2.49. The van der Waals surface area contributed by atoms with Gasteiger partial charge < -0.3 is 25.5 Å². The number of rotatable bonds is 4. The van der Waals surface area contributed by atoms with Crippen molar-refractivity contribution >= 4 is 35.6 Å². The first-order valence-electron chi connectivity index (χ1n) is 7.68. The zero-order valence-corrected chi connectivity index (χ0v) is 14.3. The van der Waals surface area contributed by atoms with Crippen LogP contribution < -0.4 is 16.4 Å². The number of ether oxygens (including phenoxy) is 1. The first kappa shape index (κ1) is 19.0. The number of nitrogens with one attached hydrogen (secondary N) is 2. The SMILES string of the molecule is Cl.NC1(C(=O)Nc2cccc(NC(=O)c3ccoc3)c2)CCOCC1. The number of carbonyl (C=O) groups excluding carboxylic acids is 2. The monoisotopic (exact) mass is 365 g/mol. The van der Waals surface area contributed by atoms with E-state index in [0.717, 1.165) is 0 Å². The summed E-state index contributed by atoms with van der Waals surface area (Å²) in [7, 11) is 0. The van der Waals surface area contributed by atoms with Gasteiger partial charge in [0.1, 0.15) is 11.8 Å². The lowest BCUT2D eigenvalue weighted by Gasteiger charge is -2.31. The van der Waals surface area contributed by atoms with E-state index in [4.69, 9.17) is 14.9 Å². The predicted molar refractivity (Wildman–Crippen MR) is 96.0 cm³/mol. The van der Waals surface area contributed by atoms with Gasteiger partial charge in [-0.3, -0.25) is 9.59 Å². The van der Waals surface area contributed by atoms with Gasteiger partial charge in [-0.25, -0.2) is 0 Å². The van der Waals surface area contributed by atoms with Crippen LogP contribution in [0.4, 0.5) is 11.4 Å². The number of nitrogens with two attached hydrogens (primary N) is 1. The van der Waals surface area contributed by atoms with Gasteiger partial charge in [0.25, 0.3) is 5.91 Å². The average molecular weight is 366 g/mol. The molecule has 0 unspecified atom stereocenters. The summed E-state index contributed by atoms with van der Waals surface area (Å²) in [5, 5.41) is 5.56. The third kappa shape index (κ3) is 4.60. The van der Waals surface area contributed by atoms with Gasteiger partial charge in [0.2, 0.25) is 5.91 Å². The Hall–Kier alpha value is -2.35. The van der Waals surface area contributed by atoms with Crippen LogP contribution in [0.1, 0.15) is 23.2 Å². The lowest BCUT2D eigenvalue weighted by molar-refractivity contribution is -0.124. The highest BCUT2D eigenvalue weighted by Gasteiger charge is 2.35. The summed E-state index contributed by atoms with van der Waals surface area (Å²) in [6.45, 7) is 0.954. The highest BCUT2D eigenvalue weighted by Crippen LogP contribution is 2.22. The number of hydrogen-bond acceptors (Lipinski definition) is 5. The predicted octanol–water partition coefficient (Wildman–Crippen LogP) is 2.40. The standard InChI is InChI=1S/C17H19N3O4.ClH/c18-17(5-8-23-9-6-17)16(22)20-14-3-1-2-13(10-14)19-15(21)12-4-7-24-11-12;/h1-4,7,10-11H,5-6,8-9,18H2,(H,19,21)(H,20,22);1H. The maximum atomic E-state index is 12.4. The van der Waals surface area contributed by atoms with Crippen molar-refractivity contribution in [2.45, 2.75) is 18.4 Å². The third-order valence-electron chi connectivity index (χ3n) is 4.00. The molecule has 0 spiro atoms. The van der Waals surface area contributed by atoms with Crippen LogP contribution in [0.3, 0.4) is 0 Å². The molecule has 3 rings (SSSR count). The Morgan fingerprint density at radius 3 is 2.40 bits per heavy atom. The molecule has 0 bridgehead atoms. The van der Waals surface area contributed by atoms with Crippen molar-refractivity contribution < 1.29 is 18.7 Å². The van der Waals surface area contributed by atoms with Crippen molar-refractivity contribution in [3.05, 3.63) is 48.4 Å². The van der Waals surface area contributed by atoms with Crippen molar-refractivity contribution in [1.82, 2.24) is 0 Å². The second kappa shape index (κ2) is 8.15. The van der Waals surface area contributed by atoms with Gasteiger partial charge in [-0.15, -0.1) is 12.4 Å². The van der Waals surface area contributed by atoms with Crippen LogP contribution in [0.25, 0.3) is 0 Å². The second-order valence-electron chi connectivity index (χ2n) is 5.77. The average Bonchev–Trinajstić information content (AvgIpc) is 3.10. The molecule has 1 aliphatic heterocycles. The smallest absolute Gasteiger partial charge is 0.258 e. The Balaban J connectivity index is 0.00000225. The van der Waals surface area contributed by atoms with Gasteiger partial charge >= 0.3 is 0 Å². The van der Waals surface area contributed by atoms with Crippen LogP contribution >= 0.6 is 12.4 Å². The highest BCUT2D eigenvalue weighted by molar-refractivity contribution is 6.04. The first-order chi connectivity index (χ1) is 11.6. The molecule has 134 valence electrons. The largest absolute Gasteiger partial charge is 0.472 e.